The minimum absolute atomic E-state index is 0.0364. The number of hydrogen-bond acceptors (Lipinski definition) is 6. The lowest BCUT2D eigenvalue weighted by Gasteiger charge is -2.09. The molecule has 3 N–H and O–H groups in total. The molecule has 0 spiro atoms. The highest BCUT2D eigenvalue weighted by atomic mass is 19.1. The van der Waals surface area contributed by atoms with Crippen LogP contribution in [-0.4, -0.2) is 38.1 Å². The molecule has 4 rings (SSSR count). The van der Waals surface area contributed by atoms with E-state index in [2.05, 4.69) is 25.3 Å². The lowest BCUT2D eigenvalue weighted by atomic mass is 10.1. The van der Waals surface area contributed by atoms with Crippen LogP contribution in [0.3, 0.4) is 0 Å². The van der Waals surface area contributed by atoms with Gasteiger partial charge in [0.25, 0.3) is 11.9 Å². The Hall–Kier alpha value is -4.60. The molecule has 1 aromatic carbocycles. The van der Waals surface area contributed by atoms with Crippen LogP contribution in [0.4, 0.5) is 15.9 Å². The summed E-state index contributed by atoms with van der Waals surface area (Å²) in [6, 6.07) is 11.0. The van der Waals surface area contributed by atoms with E-state index in [0.29, 0.717) is 35.1 Å². The van der Waals surface area contributed by atoms with Gasteiger partial charge < -0.3 is 20.4 Å². The minimum Gasteiger partial charge on any atom is -0.465 e. The van der Waals surface area contributed by atoms with Gasteiger partial charge in [0.15, 0.2) is 5.82 Å². The van der Waals surface area contributed by atoms with Crippen LogP contribution in [0, 0.1) is 12.7 Å². The van der Waals surface area contributed by atoms with Crippen molar-refractivity contribution in [1.29, 1.82) is 0 Å². The molecule has 0 aliphatic carbocycles. The fourth-order valence-corrected chi connectivity index (χ4v) is 3.18. The molecule has 0 unspecified atom stereocenters. The van der Waals surface area contributed by atoms with Gasteiger partial charge >= 0.3 is 0 Å². The average molecular weight is 459 g/mol. The van der Waals surface area contributed by atoms with E-state index in [4.69, 9.17) is 10.5 Å². The molecule has 172 valence electrons. The molecule has 0 aliphatic heterocycles. The zero-order chi connectivity index (χ0) is 24.1. The summed E-state index contributed by atoms with van der Waals surface area (Å²) < 4.78 is 21.0. The van der Waals surface area contributed by atoms with Crippen LogP contribution in [0.2, 0.25) is 0 Å². The first-order valence-corrected chi connectivity index (χ1v) is 10.4. The lowest BCUT2D eigenvalue weighted by molar-refractivity contribution is 0.102. The highest BCUT2D eigenvalue weighted by molar-refractivity contribution is 6.04. The number of nitrogens with two attached hydrogens (primary N) is 1. The molecule has 0 fully saturated rings. The van der Waals surface area contributed by atoms with Crippen molar-refractivity contribution >= 4 is 23.4 Å². The second kappa shape index (κ2) is 9.90. The Bertz CT molecular complexity index is 1350. The van der Waals surface area contributed by atoms with Crippen LogP contribution in [0.15, 0.2) is 72.4 Å². The number of aryl methyl sites for hydroxylation is 1. The Morgan fingerprint density at radius 1 is 1.18 bits per heavy atom. The van der Waals surface area contributed by atoms with Gasteiger partial charge in [-0.05, 0) is 56.3 Å². The van der Waals surface area contributed by atoms with Crippen LogP contribution in [0.25, 0.3) is 16.9 Å². The lowest BCUT2D eigenvalue weighted by Crippen LogP contribution is -2.15. The fraction of sp³-hybridized carbons (Fsp3) is 0.125. The SMILES string of the molecule is CCOC(N)=Nc1ccc(-c2cc(NC(=O)c3cc(F)cc(-n4cnc(C)c4)c3)ccn2)cn1. The first-order chi connectivity index (χ1) is 16.4. The first-order valence-electron chi connectivity index (χ1n) is 10.4. The molecule has 0 bridgehead atoms. The van der Waals surface area contributed by atoms with Crippen molar-refractivity contribution in [3.63, 3.8) is 0 Å². The molecule has 10 heteroatoms. The van der Waals surface area contributed by atoms with E-state index in [0.717, 1.165) is 5.69 Å². The number of nitrogens with zero attached hydrogens (tertiary/aromatic N) is 5. The maximum atomic E-state index is 14.2. The van der Waals surface area contributed by atoms with Gasteiger partial charge in [-0.25, -0.2) is 14.4 Å². The van der Waals surface area contributed by atoms with E-state index in [1.54, 1.807) is 59.8 Å². The van der Waals surface area contributed by atoms with Gasteiger partial charge in [-0.15, -0.1) is 0 Å². The van der Waals surface area contributed by atoms with Crippen LogP contribution >= 0.6 is 0 Å². The third-order valence-corrected chi connectivity index (χ3v) is 4.73. The molecular formula is C24H22FN7O2. The summed E-state index contributed by atoms with van der Waals surface area (Å²) in [4.78, 5) is 29.6. The van der Waals surface area contributed by atoms with Crippen LogP contribution in [-0.2, 0) is 4.74 Å². The van der Waals surface area contributed by atoms with Crippen molar-refractivity contribution in [2.75, 3.05) is 11.9 Å². The summed E-state index contributed by atoms with van der Waals surface area (Å²) in [5, 5.41) is 2.79. The molecule has 0 atom stereocenters. The van der Waals surface area contributed by atoms with Gasteiger partial charge in [0, 0.05) is 35.4 Å². The number of imidazole rings is 1. The number of ether oxygens (including phenoxy) is 1. The zero-order valence-corrected chi connectivity index (χ0v) is 18.6. The molecule has 34 heavy (non-hydrogen) atoms. The molecule has 9 nitrogen and oxygen atoms in total. The van der Waals surface area contributed by atoms with E-state index >= 15 is 0 Å². The number of halogens is 1. The minimum atomic E-state index is -0.525. The van der Waals surface area contributed by atoms with Gasteiger partial charge in [0.05, 0.1) is 30.0 Å². The molecule has 0 aliphatic rings. The second-order valence-electron chi connectivity index (χ2n) is 7.29. The number of nitrogens with one attached hydrogen (secondary N) is 1. The standard InChI is InChI=1S/C24H22FN7O2/c1-3-34-24(26)31-22-5-4-16(12-28-22)21-11-19(6-7-27-21)30-23(33)17-8-18(25)10-20(9-17)32-13-15(2)29-14-32/h4-14H,3H2,1-2H3,(H2,26,28,31)(H,27,30,33). The summed E-state index contributed by atoms with van der Waals surface area (Å²) in [5.41, 5.74) is 8.91. The van der Waals surface area contributed by atoms with Crippen molar-refractivity contribution < 1.29 is 13.9 Å². The van der Waals surface area contributed by atoms with Gasteiger partial charge in [-0.1, -0.05) is 0 Å². The second-order valence-corrected chi connectivity index (χ2v) is 7.29. The maximum Gasteiger partial charge on any atom is 0.288 e. The number of rotatable bonds is 6. The van der Waals surface area contributed by atoms with Crippen molar-refractivity contribution in [3.05, 3.63) is 84.5 Å². The Morgan fingerprint density at radius 3 is 2.74 bits per heavy atom. The average Bonchev–Trinajstić information content (AvgIpc) is 3.26. The summed E-state index contributed by atoms with van der Waals surface area (Å²) in [6.45, 7) is 4.05. The van der Waals surface area contributed by atoms with Crippen molar-refractivity contribution in [3.8, 4) is 16.9 Å². The number of anilines is 1. The number of pyridine rings is 2. The monoisotopic (exact) mass is 459 g/mol. The Morgan fingerprint density at radius 2 is 2.03 bits per heavy atom. The van der Waals surface area contributed by atoms with E-state index in [9.17, 15) is 9.18 Å². The maximum absolute atomic E-state index is 14.2. The molecule has 0 saturated carbocycles. The van der Waals surface area contributed by atoms with Crippen LogP contribution < -0.4 is 11.1 Å². The number of aliphatic imine (C=N–C) groups is 1. The smallest absolute Gasteiger partial charge is 0.288 e. The molecule has 3 aromatic heterocycles. The number of carbonyl (C=O) groups is 1. The van der Waals surface area contributed by atoms with Gasteiger partial charge in [0.1, 0.15) is 5.82 Å². The number of amides is 1. The first kappa shape index (κ1) is 22.6. The quantitative estimate of drug-likeness (QED) is 0.332. The van der Waals surface area contributed by atoms with Crippen LogP contribution in [0.5, 0.6) is 0 Å². The molecule has 0 saturated heterocycles. The molecule has 4 aromatic rings. The fourth-order valence-electron chi connectivity index (χ4n) is 3.18. The number of amidine groups is 1. The third kappa shape index (κ3) is 5.41. The third-order valence-electron chi connectivity index (χ3n) is 4.73. The van der Waals surface area contributed by atoms with Crippen molar-refractivity contribution in [2.45, 2.75) is 13.8 Å². The number of hydrogen-bond donors (Lipinski definition) is 2. The summed E-state index contributed by atoms with van der Waals surface area (Å²) in [6.07, 6.45) is 6.48. The van der Waals surface area contributed by atoms with E-state index < -0.39 is 11.7 Å². The predicted octanol–water partition coefficient (Wildman–Crippen LogP) is 4.01. The molecular weight excluding hydrogens is 437 g/mol. The Balaban J connectivity index is 1.52. The topological polar surface area (TPSA) is 120 Å². The Labute approximate surface area is 195 Å². The Kier molecular flexibility index (Phi) is 6.58. The highest BCUT2D eigenvalue weighted by Crippen LogP contribution is 2.22. The highest BCUT2D eigenvalue weighted by Gasteiger charge is 2.12. The molecule has 1 amide bonds. The number of aromatic nitrogens is 4. The van der Waals surface area contributed by atoms with E-state index in [1.807, 2.05) is 13.8 Å². The van der Waals surface area contributed by atoms with Gasteiger partial charge in [-0.2, -0.15) is 4.99 Å². The molecule has 3 heterocycles. The molecule has 0 radical (unpaired) electrons. The normalized spacial score (nSPS) is 11.3. The van der Waals surface area contributed by atoms with Gasteiger partial charge in [-0.3, -0.25) is 9.78 Å². The number of carbonyl (C=O) groups excluding carboxylic acids is 1. The van der Waals surface area contributed by atoms with Crippen LogP contribution in [0.1, 0.15) is 23.0 Å². The summed E-state index contributed by atoms with van der Waals surface area (Å²) >= 11 is 0. The van der Waals surface area contributed by atoms with Gasteiger partial charge in [0.2, 0.25) is 0 Å². The largest absolute Gasteiger partial charge is 0.465 e. The van der Waals surface area contributed by atoms with E-state index in [-0.39, 0.29) is 11.6 Å². The van der Waals surface area contributed by atoms with E-state index in [1.165, 1.54) is 12.1 Å². The number of benzene rings is 1. The van der Waals surface area contributed by atoms with Crippen molar-refractivity contribution in [2.24, 2.45) is 10.7 Å². The summed E-state index contributed by atoms with van der Waals surface area (Å²) in [7, 11) is 0. The predicted molar refractivity (Wildman–Crippen MR) is 127 cm³/mol. The zero-order valence-electron chi connectivity index (χ0n) is 18.6. The van der Waals surface area contributed by atoms with Crippen molar-refractivity contribution in [1.82, 2.24) is 19.5 Å². The summed E-state index contributed by atoms with van der Waals surface area (Å²) in [5.74, 6) is -0.582.